The van der Waals surface area contributed by atoms with Gasteiger partial charge in [-0.25, -0.2) is 4.79 Å². The van der Waals surface area contributed by atoms with Crippen LogP contribution in [0.5, 0.6) is 0 Å². The van der Waals surface area contributed by atoms with Gasteiger partial charge in [-0.1, -0.05) is 23.7 Å². The van der Waals surface area contributed by atoms with Gasteiger partial charge in [-0.05, 0) is 31.0 Å². The highest BCUT2D eigenvalue weighted by Gasteiger charge is 2.22. The van der Waals surface area contributed by atoms with Gasteiger partial charge >= 0.3 is 5.97 Å². The van der Waals surface area contributed by atoms with E-state index in [1.807, 2.05) is 12.1 Å². The number of hydrogen-bond acceptors (Lipinski definition) is 4. The van der Waals surface area contributed by atoms with Gasteiger partial charge in [-0.2, -0.15) is 0 Å². The summed E-state index contributed by atoms with van der Waals surface area (Å²) in [4.78, 5) is 22.8. The Morgan fingerprint density at radius 1 is 1.37 bits per heavy atom. The van der Waals surface area contributed by atoms with Crippen LogP contribution in [0.25, 0.3) is 0 Å². The van der Waals surface area contributed by atoms with Crippen molar-refractivity contribution in [2.75, 3.05) is 13.2 Å². The molecule has 1 rings (SSSR count). The third-order valence-corrected chi connectivity index (χ3v) is 2.70. The number of amides is 1. The average molecular weight is 285 g/mol. The normalized spacial score (nSPS) is 11.7. The zero-order chi connectivity index (χ0) is 14.3. The average Bonchev–Trinajstić information content (AvgIpc) is 2.40. The highest BCUT2D eigenvalue weighted by atomic mass is 35.5. The Morgan fingerprint density at radius 2 is 2.00 bits per heavy atom. The minimum absolute atomic E-state index is 0.199. The van der Waals surface area contributed by atoms with E-state index in [9.17, 15) is 9.59 Å². The number of ether oxygens (including phenoxy) is 1. The summed E-state index contributed by atoms with van der Waals surface area (Å²) in [6.07, 6.45) is 0.637. The fraction of sp³-hybridized carbons (Fsp3) is 0.385. The molecule has 1 atom stereocenters. The van der Waals surface area contributed by atoms with Crippen molar-refractivity contribution in [1.29, 1.82) is 0 Å². The summed E-state index contributed by atoms with van der Waals surface area (Å²) in [7, 11) is 0. The number of hydrogen-bond donors (Lipinski definition) is 2. The molecule has 104 valence electrons. The molecular weight excluding hydrogens is 268 g/mol. The molecule has 19 heavy (non-hydrogen) atoms. The second kappa shape index (κ2) is 7.76. The maximum Gasteiger partial charge on any atom is 0.332 e. The van der Waals surface area contributed by atoms with Crippen LogP contribution in [-0.2, 0) is 20.7 Å². The lowest BCUT2D eigenvalue weighted by atomic mass is 10.1. The third kappa shape index (κ3) is 5.28. The van der Waals surface area contributed by atoms with Gasteiger partial charge in [0.2, 0.25) is 5.91 Å². The molecule has 0 aromatic heterocycles. The van der Waals surface area contributed by atoms with E-state index < -0.39 is 17.9 Å². The smallest absolute Gasteiger partial charge is 0.332 e. The molecule has 5 nitrogen and oxygen atoms in total. The lowest BCUT2D eigenvalue weighted by Crippen LogP contribution is -2.47. The molecule has 6 heteroatoms. The zero-order valence-electron chi connectivity index (χ0n) is 10.7. The zero-order valence-corrected chi connectivity index (χ0v) is 11.4. The Labute approximate surface area is 117 Å². The van der Waals surface area contributed by atoms with Crippen LogP contribution in [0, 0.1) is 0 Å². The van der Waals surface area contributed by atoms with Gasteiger partial charge in [-0.15, -0.1) is 0 Å². The molecule has 1 aromatic rings. The predicted octanol–water partition coefficient (Wildman–Crippen LogP) is 0.889. The number of nitrogens with one attached hydrogen (secondary N) is 1. The fourth-order valence-electron chi connectivity index (χ4n) is 1.43. The van der Waals surface area contributed by atoms with Crippen molar-refractivity contribution in [1.82, 2.24) is 5.32 Å². The SMILES string of the molecule is CCOC(=O)C(N)C(=O)NCCc1ccc(Cl)cc1. The lowest BCUT2D eigenvalue weighted by Gasteiger charge is -2.11. The number of nitrogens with two attached hydrogens (primary N) is 1. The monoisotopic (exact) mass is 284 g/mol. The minimum atomic E-state index is -1.27. The molecule has 1 unspecified atom stereocenters. The topological polar surface area (TPSA) is 81.4 Å². The molecule has 1 aromatic carbocycles. The Kier molecular flexibility index (Phi) is 6.32. The van der Waals surface area contributed by atoms with Crippen LogP contribution in [0.2, 0.25) is 5.02 Å². The second-order valence-corrected chi connectivity index (χ2v) is 4.33. The van der Waals surface area contributed by atoms with Crippen LogP contribution in [-0.4, -0.2) is 31.1 Å². The van der Waals surface area contributed by atoms with Crippen molar-refractivity contribution in [2.45, 2.75) is 19.4 Å². The summed E-state index contributed by atoms with van der Waals surface area (Å²) in [5, 5.41) is 3.25. The van der Waals surface area contributed by atoms with Crippen molar-refractivity contribution >= 4 is 23.5 Å². The Balaban J connectivity index is 2.34. The molecule has 0 aliphatic heterocycles. The van der Waals surface area contributed by atoms with E-state index in [4.69, 9.17) is 17.3 Å². The van der Waals surface area contributed by atoms with Gasteiger partial charge in [0.1, 0.15) is 0 Å². The number of halogens is 1. The first-order chi connectivity index (χ1) is 9.04. The van der Waals surface area contributed by atoms with Crippen LogP contribution in [0.1, 0.15) is 12.5 Å². The van der Waals surface area contributed by atoms with Crippen molar-refractivity contribution < 1.29 is 14.3 Å². The third-order valence-electron chi connectivity index (χ3n) is 2.45. The van der Waals surface area contributed by atoms with E-state index in [1.54, 1.807) is 19.1 Å². The fourth-order valence-corrected chi connectivity index (χ4v) is 1.56. The summed E-state index contributed by atoms with van der Waals surface area (Å²) >= 11 is 5.76. The molecule has 0 saturated heterocycles. The molecule has 0 fully saturated rings. The molecule has 0 heterocycles. The first kappa shape index (κ1) is 15.5. The summed E-state index contributed by atoms with van der Waals surface area (Å²) in [5.74, 6) is -1.25. The van der Waals surface area contributed by atoms with Gasteiger partial charge in [0.05, 0.1) is 6.61 Å². The minimum Gasteiger partial charge on any atom is -0.464 e. The van der Waals surface area contributed by atoms with Gasteiger partial charge in [0, 0.05) is 11.6 Å². The Morgan fingerprint density at radius 3 is 2.58 bits per heavy atom. The summed E-state index contributed by atoms with van der Waals surface area (Å²) in [6, 6.07) is 6.04. The number of rotatable bonds is 6. The van der Waals surface area contributed by atoms with E-state index in [1.165, 1.54) is 0 Å². The first-order valence-electron chi connectivity index (χ1n) is 5.99. The van der Waals surface area contributed by atoms with Crippen molar-refractivity contribution in [3.05, 3.63) is 34.9 Å². The van der Waals surface area contributed by atoms with E-state index in [0.29, 0.717) is 18.0 Å². The summed E-state index contributed by atoms with van der Waals surface area (Å²) in [6.45, 7) is 2.25. The predicted molar refractivity (Wildman–Crippen MR) is 72.8 cm³/mol. The largest absolute Gasteiger partial charge is 0.464 e. The molecule has 0 spiro atoms. The van der Waals surface area contributed by atoms with E-state index >= 15 is 0 Å². The van der Waals surface area contributed by atoms with Crippen molar-refractivity contribution in [3.63, 3.8) is 0 Å². The maximum absolute atomic E-state index is 11.5. The Bertz CT molecular complexity index is 434. The summed E-state index contributed by atoms with van der Waals surface area (Å²) < 4.78 is 4.66. The van der Waals surface area contributed by atoms with Crippen LogP contribution >= 0.6 is 11.6 Å². The molecule has 0 aliphatic rings. The first-order valence-corrected chi connectivity index (χ1v) is 6.36. The lowest BCUT2D eigenvalue weighted by molar-refractivity contribution is -0.147. The molecule has 0 aliphatic carbocycles. The summed E-state index contributed by atoms with van der Waals surface area (Å²) in [5.41, 5.74) is 6.48. The van der Waals surface area contributed by atoms with Gasteiger partial charge in [-0.3, -0.25) is 4.79 Å². The second-order valence-electron chi connectivity index (χ2n) is 3.90. The highest BCUT2D eigenvalue weighted by Crippen LogP contribution is 2.09. The Hall–Kier alpha value is -1.59. The van der Waals surface area contributed by atoms with E-state index in [0.717, 1.165) is 5.56 Å². The molecule has 3 N–H and O–H groups in total. The number of carbonyl (C=O) groups is 2. The van der Waals surface area contributed by atoms with Gasteiger partial charge in [0.15, 0.2) is 6.04 Å². The van der Waals surface area contributed by atoms with Crippen LogP contribution < -0.4 is 11.1 Å². The number of benzene rings is 1. The molecule has 1 amide bonds. The van der Waals surface area contributed by atoms with Crippen molar-refractivity contribution in [2.24, 2.45) is 5.73 Å². The molecule has 0 bridgehead atoms. The van der Waals surface area contributed by atoms with E-state index in [2.05, 4.69) is 10.1 Å². The van der Waals surface area contributed by atoms with Crippen LogP contribution in [0.4, 0.5) is 0 Å². The molecule has 0 radical (unpaired) electrons. The standard InChI is InChI=1S/C13H17ClN2O3/c1-2-19-13(18)11(15)12(17)16-8-7-9-3-5-10(14)6-4-9/h3-6,11H,2,7-8,15H2,1H3,(H,16,17). The van der Waals surface area contributed by atoms with Gasteiger partial charge in [0.25, 0.3) is 0 Å². The number of esters is 1. The highest BCUT2D eigenvalue weighted by molar-refractivity contribution is 6.30. The molecular formula is C13H17ClN2O3. The molecule has 0 saturated carbocycles. The quantitative estimate of drug-likeness (QED) is 0.600. The van der Waals surface area contributed by atoms with Gasteiger partial charge < -0.3 is 15.8 Å². The van der Waals surface area contributed by atoms with E-state index in [-0.39, 0.29) is 6.61 Å². The van der Waals surface area contributed by atoms with Crippen LogP contribution in [0.3, 0.4) is 0 Å². The van der Waals surface area contributed by atoms with Crippen LogP contribution in [0.15, 0.2) is 24.3 Å². The van der Waals surface area contributed by atoms with Crippen molar-refractivity contribution in [3.8, 4) is 0 Å². The maximum atomic E-state index is 11.5. The number of carbonyl (C=O) groups excluding carboxylic acids is 2.